The molecule has 120 valence electrons. The Morgan fingerprint density at radius 2 is 2.10 bits per heavy atom. The van der Waals surface area contributed by atoms with E-state index in [1.54, 1.807) is 6.92 Å². The first-order chi connectivity index (χ1) is 9.85. The summed E-state index contributed by atoms with van der Waals surface area (Å²) in [6, 6.07) is 0. The smallest absolute Gasteiger partial charge is 0.310 e. The van der Waals surface area contributed by atoms with Crippen molar-refractivity contribution in [1.82, 2.24) is 10.1 Å². The van der Waals surface area contributed by atoms with E-state index in [9.17, 15) is 9.90 Å². The molecule has 0 aliphatic carbocycles. The Hall–Kier alpha value is -1.43. The maximum Gasteiger partial charge on any atom is 0.310 e. The fourth-order valence-corrected chi connectivity index (χ4v) is 2.06. The number of carboxylic acid groups (broad SMARTS) is 1. The minimum absolute atomic E-state index is 0.0383. The van der Waals surface area contributed by atoms with E-state index in [2.05, 4.69) is 17.1 Å². The van der Waals surface area contributed by atoms with Crippen LogP contribution in [-0.2, 0) is 16.0 Å². The summed E-state index contributed by atoms with van der Waals surface area (Å²) in [5.74, 6) is -0.0366. The monoisotopic (exact) mass is 298 g/mol. The molecule has 0 saturated heterocycles. The fraction of sp³-hybridized carbons (Fsp3) is 0.800. The van der Waals surface area contributed by atoms with Crippen molar-refractivity contribution < 1.29 is 19.2 Å². The lowest BCUT2D eigenvalue weighted by Gasteiger charge is -2.27. The quantitative estimate of drug-likeness (QED) is 0.753. The summed E-state index contributed by atoms with van der Waals surface area (Å²) >= 11 is 0. The molecule has 1 aromatic rings. The molecule has 0 fully saturated rings. The van der Waals surface area contributed by atoms with Gasteiger partial charge >= 0.3 is 5.97 Å². The minimum Gasteiger partial charge on any atom is -0.481 e. The molecular formula is C15H26N2O4. The molecule has 6 heteroatoms. The van der Waals surface area contributed by atoms with Crippen molar-refractivity contribution in [3.05, 3.63) is 11.7 Å². The van der Waals surface area contributed by atoms with Gasteiger partial charge in [-0.2, -0.15) is 4.98 Å². The van der Waals surface area contributed by atoms with Crippen LogP contribution in [0.3, 0.4) is 0 Å². The first-order valence-corrected chi connectivity index (χ1v) is 7.52. The molecule has 0 spiro atoms. The van der Waals surface area contributed by atoms with E-state index in [4.69, 9.17) is 9.26 Å². The molecule has 0 aliphatic heterocycles. The van der Waals surface area contributed by atoms with Gasteiger partial charge in [-0.05, 0) is 26.2 Å². The molecule has 2 unspecified atom stereocenters. The number of hydrogen-bond acceptors (Lipinski definition) is 5. The average Bonchev–Trinajstić information content (AvgIpc) is 2.86. The van der Waals surface area contributed by atoms with Crippen LogP contribution in [0.2, 0.25) is 0 Å². The average molecular weight is 298 g/mol. The standard InChI is InChI=1S/C15H26N2O4/c1-6-8-11(20-7-2)13-16-12(21-17-13)9-15(5,10(3)4)14(18)19/h10-11H,6-9H2,1-5H3,(H,18,19). The highest BCUT2D eigenvalue weighted by Crippen LogP contribution is 2.32. The highest BCUT2D eigenvalue weighted by molar-refractivity contribution is 5.74. The van der Waals surface area contributed by atoms with Crippen molar-refractivity contribution >= 4 is 5.97 Å². The Morgan fingerprint density at radius 3 is 2.57 bits per heavy atom. The lowest BCUT2D eigenvalue weighted by molar-refractivity contribution is -0.150. The predicted molar refractivity (Wildman–Crippen MR) is 77.9 cm³/mol. The summed E-state index contributed by atoms with van der Waals surface area (Å²) in [6.07, 6.45) is 1.80. The molecular weight excluding hydrogens is 272 g/mol. The number of rotatable bonds is 9. The Labute approximate surface area is 125 Å². The highest BCUT2D eigenvalue weighted by Gasteiger charge is 2.39. The van der Waals surface area contributed by atoms with E-state index in [1.165, 1.54) is 0 Å². The molecule has 0 aromatic carbocycles. The summed E-state index contributed by atoms with van der Waals surface area (Å²) in [5.41, 5.74) is -0.921. The van der Waals surface area contributed by atoms with Gasteiger partial charge in [-0.3, -0.25) is 4.79 Å². The summed E-state index contributed by atoms with van der Waals surface area (Å²) in [6.45, 7) is 10.0. The van der Waals surface area contributed by atoms with Crippen LogP contribution >= 0.6 is 0 Å². The van der Waals surface area contributed by atoms with Crippen LogP contribution < -0.4 is 0 Å². The summed E-state index contributed by atoms with van der Waals surface area (Å²) < 4.78 is 10.8. The maximum atomic E-state index is 11.5. The minimum atomic E-state index is -0.921. The molecule has 1 aromatic heterocycles. The van der Waals surface area contributed by atoms with Gasteiger partial charge in [0, 0.05) is 13.0 Å². The van der Waals surface area contributed by atoms with Gasteiger partial charge in [0.15, 0.2) is 0 Å². The molecule has 1 N–H and O–H groups in total. The predicted octanol–water partition coefficient (Wildman–Crippen LogP) is 3.24. The molecule has 0 amide bonds. The molecule has 2 atom stereocenters. The van der Waals surface area contributed by atoms with E-state index in [0.717, 1.165) is 12.8 Å². The fourth-order valence-electron chi connectivity index (χ4n) is 2.06. The third-order valence-electron chi connectivity index (χ3n) is 3.97. The number of nitrogens with zero attached hydrogens (tertiary/aromatic N) is 2. The largest absolute Gasteiger partial charge is 0.481 e. The van der Waals surface area contributed by atoms with E-state index in [1.807, 2.05) is 20.8 Å². The number of carbonyl (C=O) groups is 1. The first-order valence-electron chi connectivity index (χ1n) is 7.52. The number of aliphatic carboxylic acids is 1. The van der Waals surface area contributed by atoms with Crippen LogP contribution in [0.5, 0.6) is 0 Å². The lowest BCUT2D eigenvalue weighted by atomic mass is 9.76. The molecule has 0 aliphatic rings. The summed E-state index contributed by atoms with van der Waals surface area (Å²) in [7, 11) is 0. The molecule has 1 heterocycles. The van der Waals surface area contributed by atoms with E-state index in [-0.39, 0.29) is 18.4 Å². The van der Waals surface area contributed by atoms with Gasteiger partial charge in [0.2, 0.25) is 11.7 Å². The second kappa shape index (κ2) is 7.54. The van der Waals surface area contributed by atoms with Crippen LogP contribution in [0, 0.1) is 11.3 Å². The van der Waals surface area contributed by atoms with Gasteiger partial charge in [-0.15, -0.1) is 0 Å². The Bertz CT molecular complexity index is 452. The maximum absolute atomic E-state index is 11.5. The van der Waals surface area contributed by atoms with Crippen molar-refractivity contribution in [2.45, 2.75) is 60.0 Å². The van der Waals surface area contributed by atoms with Crippen molar-refractivity contribution in [2.75, 3.05) is 6.61 Å². The van der Waals surface area contributed by atoms with Gasteiger partial charge in [-0.1, -0.05) is 32.3 Å². The van der Waals surface area contributed by atoms with E-state index < -0.39 is 11.4 Å². The first kappa shape index (κ1) is 17.6. The number of ether oxygens (including phenoxy) is 1. The van der Waals surface area contributed by atoms with Crippen LogP contribution in [0.25, 0.3) is 0 Å². The molecule has 21 heavy (non-hydrogen) atoms. The van der Waals surface area contributed by atoms with E-state index >= 15 is 0 Å². The normalized spacial score (nSPS) is 15.9. The molecule has 0 saturated carbocycles. The van der Waals surface area contributed by atoms with Gasteiger partial charge in [-0.25, -0.2) is 0 Å². The van der Waals surface area contributed by atoms with Crippen molar-refractivity contribution in [2.24, 2.45) is 11.3 Å². The highest BCUT2D eigenvalue weighted by atomic mass is 16.5. The Balaban J connectivity index is 2.89. The van der Waals surface area contributed by atoms with E-state index in [0.29, 0.717) is 18.3 Å². The zero-order valence-corrected chi connectivity index (χ0v) is 13.5. The lowest BCUT2D eigenvalue weighted by Crippen LogP contribution is -2.35. The number of aromatic nitrogens is 2. The van der Waals surface area contributed by atoms with Crippen LogP contribution in [0.1, 0.15) is 65.3 Å². The SMILES string of the molecule is CCCC(OCC)c1noc(CC(C)(C(=O)O)C(C)C)n1. The van der Waals surface area contributed by atoms with Crippen molar-refractivity contribution in [1.29, 1.82) is 0 Å². The zero-order valence-electron chi connectivity index (χ0n) is 13.5. The molecule has 0 radical (unpaired) electrons. The summed E-state index contributed by atoms with van der Waals surface area (Å²) in [5, 5.41) is 13.4. The molecule has 0 bridgehead atoms. The number of hydrogen-bond donors (Lipinski definition) is 1. The third kappa shape index (κ3) is 4.27. The number of carboxylic acids is 1. The van der Waals surface area contributed by atoms with Crippen LogP contribution in [0.15, 0.2) is 4.52 Å². The molecule has 6 nitrogen and oxygen atoms in total. The van der Waals surface area contributed by atoms with Crippen molar-refractivity contribution in [3.8, 4) is 0 Å². The Morgan fingerprint density at radius 1 is 1.43 bits per heavy atom. The molecule has 1 rings (SSSR count). The van der Waals surface area contributed by atoms with Gasteiger partial charge in [0.05, 0.1) is 5.41 Å². The summed E-state index contributed by atoms with van der Waals surface area (Å²) in [4.78, 5) is 15.8. The van der Waals surface area contributed by atoms with Crippen molar-refractivity contribution in [3.63, 3.8) is 0 Å². The van der Waals surface area contributed by atoms with Gasteiger partial charge < -0.3 is 14.4 Å². The van der Waals surface area contributed by atoms with Crippen LogP contribution in [-0.4, -0.2) is 27.8 Å². The zero-order chi connectivity index (χ0) is 16.0. The second-order valence-electron chi connectivity index (χ2n) is 5.83. The third-order valence-corrected chi connectivity index (χ3v) is 3.97. The Kier molecular flexibility index (Phi) is 6.33. The second-order valence-corrected chi connectivity index (χ2v) is 5.83. The van der Waals surface area contributed by atoms with Gasteiger partial charge in [0.1, 0.15) is 6.10 Å². The topological polar surface area (TPSA) is 85.5 Å². The van der Waals surface area contributed by atoms with Crippen LogP contribution in [0.4, 0.5) is 0 Å². The van der Waals surface area contributed by atoms with Gasteiger partial charge in [0.25, 0.3) is 0 Å².